The lowest BCUT2D eigenvalue weighted by Crippen LogP contribution is -2.46. The summed E-state index contributed by atoms with van der Waals surface area (Å²) in [5, 5.41) is 0. The number of nitrogens with two attached hydrogens (primary N) is 1. The van der Waals surface area contributed by atoms with Gasteiger partial charge in [-0.3, -0.25) is 4.79 Å². The molecular formula is C10H20N2OS2. The summed E-state index contributed by atoms with van der Waals surface area (Å²) < 4.78 is 0. The van der Waals surface area contributed by atoms with Gasteiger partial charge in [-0.15, -0.1) is 0 Å². The lowest BCUT2D eigenvalue weighted by Gasteiger charge is -2.26. The summed E-state index contributed by atoms with van der Waals surface area (Å²) in [5.41, 5.74) is 5.86. The number of likely N-dealkylation sites (N-methyl/N-ethyl adjacent to an activating group) is 1. The van der Waals surface area contributed by atoms with Crippen LogP contribution in [0.15, 0.2) is 0 Å². The highest BCUT2D eigenvalue weighted by Crippen LogP contribution is 2.21. The molecule has 3 nitrogen and oxygen atoms in total. The minimum Gasteiger partial charge on any atom is -0.341 e. The van der Waals surface area contributed by atoms with Gasteiger partial charge >= 0.3 is 0 Å². The Balaban J connectivity index is 2.36. The second kappa shape index (κ2) is 6.66. The summed E-state index contributed by atoms with van der Waals surface area (Å²) in [6.07, 6.45) is 3.93. The topological polar surface area (TPSA) is 46.3 Å². The molecule has 5 heteroatoms. The number of thioether (sulfide) groups is 2. The fourth-order valence-electron chi connectivity index (χ4n) is 1.64. The van der Waals surface area contributed by atoms with Crippen LogP contribution in [-0.4, -0.2) is 53.5 Å². The summed E-state index contributed by atoms with van der Waals surface area (Å²) in [7, 11) is 1.89. The van der Waals surface area contributed by atoms with Crippen molar-refractivity contribution < 1.29 is 4.79 Å². The van der Waals surface area contributed by atoms with Crippen molar-refractivity contribution in [2.24, 2.45) is 5.73 Å². The van der Waals surface area contributed by atoms with Gasteiger partial charge in [-0.2, -0.15) is 23.5 Å². The van der Waals surface area contributed by atoms with E-state index in [1.807, 2.05) is 30.0 Å². The van der Waals surface area contributed by atoms with E-state index in [-0.39, 0.29) is 11.9 Å². The van der Waals surface area contributed by atoms with Gasteiger partial charge in [-0.05, 0) is 30.6 Å². The number of hydrogen-bond donors (Lipinski definition) is 1. The Morgan fingerprint density at radius 2 is 2.47 bits per heavy atom. The summed E-state index contributed by atoms with van der Waals surface area (Å²) in [6.45, 7) is 0. The van der Waals surface area contributed by atoms with Gasteiger partial charge in [-0.1, -0.05) is 0 Å². The summed E-state index contributed by atoms with van der Waals surface area (Å²) >= 11 is 3.66. The molecule has 2 atom stereocenters. The van der Waals surface area contributed by atoms with Crippen molar-refractivity contribution in [1.29, 1.82) is 0 Å². The van der Waals surface area contributed by atoms with E-state index in [9.17, 15) is 4.79 Å². The van der Waals surface area contributed by atoms with Gasteiger partial charge in [0.15, 0.2) is 0 Å². The first-order chi connectivity index (χ1) is 7.16. The van der Waals surface area contributed by atoms with Gasteiger partial charge in [0.05, 0.1) is 6.04 Å². The van der Waals surface area contributed by atoms with Gasteiger partial charge in [0.2, 0.25) is 5.91 Å². The molecule has 1 aliphatic heterocycles. The average Bonchev–Trinajstić information content (AvgIpc) is 2.77. The molecular weight excluding hydrogens is 228 g/mol. The Labute approximate surface area is 101 Å². The highest BCUT2D eigenvalue weighted by molar-refractivity contribution is 7.99. The Morgan fingerprint density at radius 1 is 1.73 bits per heavy atom. The zero-order valence-electron chi connectivity index (χ0n) is 9.44. The van der Waals surface area contributed by atoms with E-state index >= 15 is 0 Å². The van der Waals surface area contributed by atoms with E-state index in [4.69, 9.17) is 5.73 Å². The normalized spacial score (nSPS) is 22.7. The average molecular weight is 248 g/mol. The van der Waals surface area contributed by atoms with Crippen LogP contribution < -0.4 is 5.73 Å². The van der Waals surface area contributed by atoms with Crippen LogP contribution in [0.2, 0.25) is 0 Å². The van der Waals surface area contributed by atoms with Gasteiger partial charge in [0.1, 0.15) is 0 Å². The molecule has 0 bridgehead atoms. The molecule has 0 aromatic rings. The zero-order chi connectivity index (χ0) is 11.3. The predicted molar refractivity (Wildman–Crippen MR) is 69.5 cm³/mol. The van der Waals surface area contributed by atoms with Gasteiger partial charge in [0, 0.05) is 18.8 Å². The van der Waals surface area contributed by atoms with Crippen molar-refractivity contribution in [3.8, 4) is 0 Å². The van der Waals surface area contributed by atoms with Crippen molar-refractivity contribution in [2.45, 2.75) is 24.9 Å². The predicted octanol–water partition coefficient (Wildman–Crippen LogP) is 1.03. The maximum atomic E-state index is 11.9. The molecule has 1 fully saturated rings. The number of carbonyl (C=O) groups is 1. The molecule has 1 rings (SSSR count). The second-order valence-corrected chi connectivity index (χ2v) is 5.99. The Morgan fingerprint density at radius 3 is 3.00 bits per heavy atom. The van der Waals surface area contributed by atoms with E-state index < -0.39 is 0 Å². The molecule has 0 saturated carbocycles. The van der Waals surface area contributed by atoms with Crippen LogP contribution in [0.3, 0.4) is 0 Å². The molecule has 2 N–H and O–H groups in total. The third kappa shape index (κ3) is 3.89. The van der Waals surface area contributed by atoms with Crippen molar-refractivity contribution in [1.82, 2.24) is 4.90 Å². The quantitative estimate of drug-likeness (QED) is 0.789. The lowest BCUT2D eigenvalue weighted by molar-refractivity contribution is -0.132. The number of amides is 1. The van der Waals surface area contributed by atoms with Crippen LogP contribution >= 0.6 is 23.5 Å². The molecule has 0 spiro atoms. The van der Waals surface area contributed by atoms with Crippen LogP contribution in [0.1, 0.15) is 12.8 Å². The Bertz CT molecular complexity index is 208. The fraction of sp³-hybridized carbons (Fsp3) is 0.900. The van der Waals surface area contributed by atoms with E-state index in [1.165, 1.54) is 5.75 Å². The Hall–Kier alpha value is 0.130. The van der Waals surface area contributed by atoms with Crippen LogP contribution in [0.5, 0.6) is 0 Å². The van der Waals surface area contributed by atoms with Gasteiger partial charge in [-0.25, -0.2) is 0 Å². The molecule has 88 valence electrons. The van der Waals surface area contributed by atoms with E-state index in [2.05, 4.69) is 0 Å². The number of nitrogens with zero attached hydrogens (tertiary/aromatic N) is 1. The SMILES string of the molecule is CSCC[C@H](N)C(=O)N(C)C1CCSC1. The van der Waals surface area contributed by atoms with Crippen LogP contribution in [0.4, 0.5) is 0 Å². The van der Waals surface area contributed by atoms with Crippen molar-refractivity contribution in [3.63, 3.8) is 0 Å². The van der Waals surface area contributed by atoms with Crippen molar-refractivity contribution in [3.05, 3.63) is 0 Å². The molecule has 1 unspecified atom stereocenters. The van der Waals surface area contributed by atoms with Crippen molar-refractivity contribution >= 4 is 29.4 Å². The molecule has 1 saturated heterocycles. The molecule has 1 heterocycles. The molecule has 0 radical (unpaired) electrons. The van der Waals surface area contributed by atoms with Crippen LogP contribution in [0, 0.1) is 0 Å². The smallest absolute Gasteiger partial charge is 0.239 e. The first-order valence-electron chi connectivity index (χ1n) is 5.25. The summed E-state index contributed by atoms with van der Waals surface area (Å²) in [6, 6.07) is 0.0934. The van der Waals surface area contributed by atoms with Crippen LogP contribution in [0.25, 0.3) is 0 Å². The second-order valence-electron chi connectivity index (χ2n) is 3.85. The molecule has 0 aliphatic carbocycles. The third-order valence-electron chi connectivity index (χ3n) is 2.75. The molecule has 15 heavy (non-hydrogen) atoms. The standard InChI is InChI=1S/C10H20N2OS2/c1-12(8-3-6-15-7-8)10(13)9(11)4-5-14-2/h8-9H,3-7,11H2,1-2H3/t8?,9-/m0/s1. The highest BCUT2D eigenvalue weighted by Gasteiger charge is 2.26. The van der Waals surface area contributed by atoms with Crippen molar-refractivity contribution in [2.75, 3.05) is 30.6 Å². The van der Waals surface area contributed by atoms with E-state index in [0.29, 0.717) is 6.04 Å². The summed E-state index contributed by atoms with van der Waals surface area (Å²) in [5.74, 6) is 3.30. The number of hydrogen-bond acceptors (Lipinski definition) is 4. The Kier molecular flexibility index (Phi) is 5.86. The molecule has 0 aromatic heterocycles. The first kappa shape index (κ1) is 13.2. The monoisotopic (exact) mass is 248 g/mol. The maximum Gasteiger partial charge on any atom is 0.239 e. The molecule has 1 aliphatic rings. The maximum absolute atomic E-state index is 11.9. The van der Waals surface area contributed by atoms with E-state index in [1.54, 1.807) is 11.8 Å². The molecule has 1 amide bonds. The van der Waals surface area contributed by atoms with Gasteiger partial charge < -0.3 is 10.6 Å². The number of rotatable bonds is 5. The first-order valence-corrected chi connectivity index (χ1v) is 7.80. The lowest BCUT2D eigenvalue weighted by atomic mass is 10.1. The van der Waals surface area contributed by atoms with Gasteiger partial charge in [0.25, 0.3) is 0 Å². The molecule has 0 aromatic carbocycles. The van der Waals surface area contributed by atoms with Crippen LogP contribution in [-0.2, 0) is 4.79 Å². The largest absolute Gasteiger partial charge is 0.341 e. The minimum atomic E-state index is -0.312. The highest BCUT2D eigenvalue weighted by atomic mass is 32.2. The fourth-order valence-corrected chi connectivity index (χ4v) is 3.39. The summed E-state index contributed by atoms with van der Waals surface area (Å²) in [4.78, 5) is 13.8. The number of carbonyl (C=O) groups excluding carboxylic acids is 1. The third-order valence-corrected chi connectivity index (χ3v) is 4.54. The zero-order valence-corrected chi connectivity index (χ0v) is 11.1. The minimum absolute atomic E-state index is 0.108. The van der Waals surface area contributed by atoms with E-state index in [0.717, 1.165) is 24.3 Å².